The smallest absolute Gasteiger partial charge is 0.0741 e. The maximum Gasteiger partial charge on any atom is 0.0741 e. The van der Waals surface area contributed by atoms with Gasteiger partial charge in [-0.15, -0.1) is 0 Å². The summed E-state index contributed by atoms with van der Waals surface area (Å²) in [5.74, 6) is 0.525. The molecule has 0 saturated heterocycles. The molecule has 2 fully saturated rings. The minimum Gasteiger partial charge on any atom is -0.389 e. The van der Waals surface area contributed by atoms with Gasteiger partial charge >= 0.3 is 0 Å². The summed E-state index contributed by atoms with van der Waals surface area (Å²) < 4.78 is 0. The van der Waals surface area contributed by atoms with Crippen LogP contribution in [-0.2, 0) is 0 Å². The quantitative estimate of drug-likeness (QED) is 0.792. The van der Waals surface area contributed by atoms with E-state index in [1.54, 1.807) is 0 Å². The summed E-state index contributed by atoms with van der Waals surface area (Å²) in [6.07, 6.45) is 7.91. The van der Waals surface area contributed by atoms with Gasteiger partial charge in [-0.2, -0.15) is 0 Å². The van der Waals surface area contributed by atoms with Gasteiger partial charge in [0.15, 0.2) is 0 Å². The van der Waals surface area contributed by atoms with E-state index in [-0.39, 0.29) is 5.41 Å². The second kappa shape index (κ2) is 4.24. The Labute approximate surface area is 106 Å². The zero-order valence-corrected chi connectivity index (χ0v) is 11.8. The summed E-state index contributed by atoms with van der Waals surface area (Å²) in [7, 11) is 0. The molecule has 2 aliphatic rings. The highest BCUT2D eigenvalue weighted by atomic mass is 16.3. The van der Waals surface area contributed by atoms with Crippen LogP contribution in [0.5, 0.6) is 0 Å². The van der Waals surface area contributed by atoms with Crippen LogP contribution >= 0.6 is 0 Å². The van der Waals surface area contributed by atoms with Crippen LogP contribution in [0.3, 0.4) is 0 Å². The predicted molar refractivity (Wildman–Crippen MR) is 71.7 cm³/mol. The van der Waals surface area contributed by atoms with Gasteiger partial charge in [0, 0.05) is 12.0 Å². The first-order chi connectivity index (χ1) is 7.89. The molecule has 0 heterocycles. The topological polar surface area (TPSA) is 46.2 Å². The van der Waals surface area contributed by atoms with Gasteiger partial charge in [-0.05, 0) is 56.3 Å². The summed E-state index contributed by atoms with van der Waals surface area (Å²) in [6.45, 7) is 7.48. The van der Waals surface area contributed by atoms with Crippen molar-refractivity contribution in [2.24, 2.45) is 22.5 Å². The highest BCUT2D eigenvalue weighted by Crippen LogP contribution is 2.58. The van der Waals surface area contributed by atoms with E-state index in [1.807, 2.05) is 0 Å². The second-order valence-electron chi connectivity index (χ2n) is 7.20. The van der Waals surface area contributed by atoms with Crippen LogP contribution in [-0.4, -0.2) is 17.3 Å². The Kier molecular flexibility index (Phi) is 3.33. The lowest BCUT2D eigenvalue weighted by atomic mass is 9.56. The van der Waals surface area contributed by atoms with E-state index in [0.717, 1.165) is 19.3 Å². The molecule has 0 aliphatic heterocycles. The molecule has 0 bridgehead atoms. The Balaban J connectivity index is 2.19. The Morgan fingerprint density at radius 1 is 1.18 bits per heavy atom. The van der Waals surface area contributed by atoms with Gasteiger partial charge in [-0.3, -0.25) is 0 Å². The fraction of sp³-hybridized carbons (Fsp3) is 1.00. The van der Waals surface area contributed by atoms with Crippen LogP contribution in [0.4, 0.5) is 0 Å². The van der Waals surface area contributed by atoms with Gasteiger partial charge in [0.05, 0.1) is 5.60 Å². The van der Waals surface area contributed by atoms with Crippen molar-refractivity contribution in [3.8, 4) is 0 Å². The van der Waals surface area contributed by atoms with E-state index >= 15 is 0 Å². The summed E-state index contributed by atoms with van der Waals surface area (Å²) in [6, 6.07) is 0. The van der Waals surface area contributed by atoms with Crippen molar-refractivity contribution in [1.29, 1.82) is 0 Å². The van der Waals surface area contributed by atoms with Crippen molar-refractivity contribution in [2.75, 3.05) is 6.54 Å². The Bertz CT molecular complexity index is 273. The molecule has 100 valence electrons. The van der Waals surface area contributed by atoms with Crippen LogP contribution in [0.2, 0.25) is 0 Å². The van der Waals surface area contributed by atoms with Crippen molar-refractivity contribution < 1.29 is 5.11 Å². The summed E-state index contributed by atoms with van der Waals surface area (Å²) >= 11 is 0. The third-order valence-corrected chi connectivity index (χ3v) is 5.66. The molecule has 2 heteroatoms. The van der Waals surface area contributed by atoms with Crippen molar-refractivity contribution in [3.63, 3.8) is 0 Å². The Hall–Kier alpha value is -0.0800. The van der Waals surface area contributed by atoms with Crippen molar-refractivity contribution >= 4 is 0 Å². The number of hydrogen-bond donors (Lipinski definition) is 2. The first kappa shape index (κ1) is 13.4. The minimum absolute atomic E-state index is 0.00155. The van der Waals surface area contributed by atoms with E-state index in [4.69, 9.17) is 5.73 Å². The van der Waals surface area contributed by atoms with Gasteiger partial charge in [0.25, 0.3) is 0 Å². The molecule has 1 atom stereocenters. The lowest BCUT2D eigenvalue weighted by Gasteiger charge is -2.52. The molecule has 1 unspecified atom stereocenters. The lowest BCUT2D eigenvalue weighted by molar-refractivity contribution is -0.129. The molecular weight excluding hydrogens is 210 g/mol. The molecule has 2 nitrogen and oxygen atoms in total. The Morgan fingerprint density at radius 3 is 2.06 bits per heavy atom. The molecule has 0 aromatic rings. The van der Waals surface area contributed by atoms with Gasteiger partial charge in [-0.25, -0.2) is 0 Å². The van der Waals surface area contributed by atoms with E-state index in [9.17, 15) is 5.11 Å². The Morgan fingerprint density at radius 2 is 1.71 bits per heavy atom. The third-order valence-electron chi connectivity index (χ3n) is 5.66. The molecule has 2 saturated carbocycles. The number of rotatable bonds is 4. The molecule has 0 spiro atoms. The molecule has 3 N–H and O–H groups in total. The van der Waals surface area contributed by atoms with E-state index in [1.165, 1.54) is 25.7 Å². The van der Waals surface area contributed by atoms with Crippen molar-refractivity contribution in [1.82, 2.24) is 0 Å². The highest BCUT2D eigenvalue weighted by Gasteiger charge is 2.57. The van der Waals surface area contributed by atoms with Gasteiger partial charge < -0.3 is 10.8 Å². The molecule has 2 rings (SSSR count). The third kappa shape index (κ3) is 2.15. The van der Waals surface area contributed by atoms with Crippen LogP contribution < -0.4 is 5.73 Å². The molecule has 0 amide bonds. The molecule has 2 aliphatic carbocycles. The maximum atomic E-state index is 11.1. The van der Waals surface area contributed by atoms with Gasteiger partial charge in [0.2, 0.25) is 0 Å². The average molecular weight is 239 g/mol. The molecule has 0 aromatic carbocycles. The van der Waals surface area contributed by atoms with Crippen molar-refractivity contribution in [2.45, 2.75) is 71.3 Å². The molecule has 0 radical (unpaired) electrons. The summed E-state index contributed by atoms with van der Waals surface area (Å²) in [5, 5.41) is 11.1. The van der Waals surface area contributed by atoms with Crippen LogP contribution in [0.1, 0.15) is 65.7 Å². The summed E-state index contributed by atoms with van der Waals surface area (Å²) in [5.41, 5.74) is 6.05. The van der Waals surface area contributed by atoms with Crippen LogP contribution in [0.25, 0.3) is 0 Å². The highest BCUT2D eigenvalue weighted by molar-refractivity contribution is 5.08. The number of hydrogen-bond acceptors (Lipinski definition) is 2. The van der Waals surface area contributed by atoms with E-state index < -0.39 is 5.60 Å². The average Bonchev–Trinajstić information content (AvgIpc) is 3.13. The molecular formula is C15H29NO. The zero-order valence-electron chi connectivity index (χ0n) is 11.8. The molecule has 0 aromatic heterocycles. The fourth-order valence-corrected chi connectivity index (χ4v) is 3.88. The maximum absolute atomic E-state index is 11.1. The van der Waals surface area contributed by atoms with E-state index in [0.29, 0.717) is 17.9 Å². The molecule has 17 heavy (non-hydrogen) atoms. The van der Waals surface area contributed by atoms with E-state index in [2.05, 4.69) is 20.8 Å². The summed E-state index contributed by atoms with van der Waals surface area (Å²) in [4.78, 5) is 0. The number of aliphatic hydroxyl groups is 1. The second-order valence-corrected chi connectivity index (χ2v) is 7.20. The lowest BCUT2D eigenvalue weighted by Crippen LogP contribution is -2.56. The fourth-order valence-electron chi connectivity index (χ4n) is 3.88. The monoisotopic (exact) mass is 239 g/mol. The van der Waals surface area contributed by atoms with Crippen LogP contribution in [0.15, 0.2) is 0 Å². The predicted octanol–water partition coefficient (Wildman–Crippen LogP) is 3.08. The minimum atomic E-state index is -0.488. The SMILES string of the molecule is CCC(O)(C1CC1)C1(CN)CCC(C)(C)CC1. The van der Waals surface area contributed by atoms with Crippen LogP contribution in [0, 0.1) is 16.7 Å². The van der Waals surface area contributed by atoms with Crippen molar-refractivity contribution in [3.05, 3.63) is 0 Å². The van der Waals surface area contributed by atoms with Gasteiger partial charge in [-0.1, -0.05) is 20.8 Å². The standard InChI is InChI=1S/C15H29NO/c1-4-15(17,12-5-6-12)14(11-16)9-7-13(2,3)8-10-14/h12,17H,4-11,16H2,1-3H3. The number of nitrogens with two attached hydrogens (primary N) is 1. The first-order valence-corrected chi connectivity index (χ1v) is 7.32. The zero-order chi connectivity index (χ0) is 12.7. The normalized spacial score (nSPS) is 30.9. The largest absolute Gasteiger partial charge is 0.389 e. The van der Waals surface area contributed by atoms with Gasteiger partial charge in [0.1, 0.15) is 0 Å². The first-order valence-electron chi connectivity index (χ1n) is 7.32.